The lowest BCUT2D eigenvalue weighted by atomic mass is 10.2. The molecule has 100 valence electrons. The maximum Gasteiger partial charge on any atom is 0.345 e. The SMILES string of the molecule is COC(=O)c1c(OCCCCN)ccc(Br)c1O. The molecule has 0 bridgehead atoms. The molecule has 0 amide bonds. The Balaban J connectivity index is 2.89. The third kappa shape index (κ3) is 3.61. The van der Waals surface area contributed by atoms with Crippen molar-refractivity contribution >= 4 is 21.9 Å². The van der Waals surface area contributed by atoms with Gasteiger partial charge in [0, 0.05) is 0 Å². The van der Waals surface area contributed by atoms with Crippen LogP contribution in [0.2, 0.25) is 0 Å². The van der Waals surface area contributed by atoms with Gasteiger partial charge in [-0.15, -0.1) is 0 Å². The number of aromatic hydroxyl groups is 1. The number of carbonyl (C=O) groups is 1. The summed E-state index contributed by atoms with van der Waals surface area (Å²) >= 11 is 3.14. The summed E-state index contributed by atoms with van der Waals surface area (Å²) in [6, 6.07) is 3.22. The molecule has 0 saturated heterocycles. The first kappa shape index (κ1) is 14.8. The van der Waals surface area contributed by atoms with Gasteiger partial charge in [0.1, 0.15) is 17.1 Å². The van der Waals surface area contributed by atoms with Gasteiger partial charge in [-0.3, -0.25) is 0 Å². The standard InChI is InChI=1S/C12H16BrNO4/c1-17-12(16)10-9(18-7-3-2-6-14)5-4-8(13)11(10)15/h4-5,15H,2-3,6-7,14H2,1H3. The number of phenols is 1. The number of hydrogen-bond donors (Lipinski definition) is 2. The maximum absolute atomic E-state index is 11.6. The summed E-state index contributed by atoms with van der Waals surface area (Å²) in [6.07, 6.45) is 1.63. The van der Waals surface area contributed by atoms with Crippen molar-refractivity contribution in [2.24, 2.45) is 5.73 Å². The number of unbranched alkanes of at least 4 members (excludes halogenated alkanes) is 1. The van der Waals surface area contributed by atoms with Crippen LogP contribution in [-0.2, 0) is 4.74 Å². The predicted octanol–water partition coefficient (Wildman–Crippen LogP) is 2.06. The number of phenolic OH excluding ortho intramolecular Hbond substituents is 1. The predicted molar refractivity (Wildman–Crippen MR) is 70.9 cm³/mol. The molecule has 0 aromatic heterocycles. The zero-order valence-electron chi connectivity index (χ0n) is 10.1. The van der Waals surface area contributed by atoms with E-state index in [-0.39, 0.29) is 11.3 Å². The van der Waals surface area contributed by atoms with Crippen LogP contribution in [0.3, 0.4) is 0 Å². The molecule has 18 heavy (non-hydrogen) atoms. The highest BCUT2D eigenvalue weighted by Gasteiger charge is 2.20. The normalized spacial score (nSPS) is 10.2. The van der Waals surface area contributed by atoms with E-state index in [0.29, 0.717) is 23.4 Å². The number of hydrogen-bond acceptors (Lipinski definition) is 5. The van der Waals surface area contributed by atoms with E-state index in [9.17, 15) is 9.90 Å². The van der Waals surface area contributed by atoms with Crippen LogP contribution < -0.4 is 10.5 Å². The van der Waals surface area contributed by atoms with Gasteiger partial charge in [-0.25, -0.2) is 4.79 Å². The minimum absolute atomic E-state index is 0.0274. The van der Waals surface area contributed by atoms with E-state index < -0.39 is 5.97 Å². The summed E-state index contributed by atoms with van der Waals surface area (Å²) in [5.74, 6) is -0.514. The topological polar surface area (TPSA) is 81.8 Å². The smallest absolute Gasteiger partial charge is 0.345 e. The second kappa shape index (κ2) is 7.23. The zero-order valence-corrected chi connectivity index (χ0v) is 11.7. The van der Waals surface area contributed by atoms with Crippen molar-refractivity contribution in [2.45, 2.75) is 12.8 Å². The number of nitrogens with two attached hydrogens (primary N) is 1. The molecule has 1 aromatic carbocycles. The molecule has 0 radical (unpaired) electrons. The molecule has 0 heterocycles. The van der Waals surface area contributed by atoms with E-state index in [1.807, 2.05) is 0 Å². The summed E-state index contributed by atoms with van der Waals surface area (Å²) < 4.78 is 10.5. The van der Waals surface area contributed by atoms with Crippen LogP contribution >= 0.6 is 15.9 Å². The van der Waals surface area contributed by atoms with Gasteiger partial charge in [-0.1, -0.05) is 0 Å². The minimum Gasteiger partial charge on any atom is -0.506 e. The highest BCUT2D eigenvalue weighted by atomic mass is 79.9. The van der Waals surface area contributed by atoms with Crippen LogP contribution in [0.5, 0.6) is 11.5 Å². The van der Waals surface area contributed by atoms with E-state index in [2.05, 4.69) is 20.7 Å². The lowest BCUT2D eigenvalue weighted by Gasteiger charge is -2.12. The molecule has 0 aliphatic heterocycles. The molecule has 5 nitrogen and oxygen atoms in total. The van der Waals surface area contributed by atoms with Crippen molar-refractivity contribution in [3.8, 4) is 11.5 Å². The van der Waals surface area contributed by atoms with E-state index in [0.717, 1.165) is 12.8 Å². The van der Waals surface area contributed by atoms with Crippen molar-refractivity contribution < 1.29 is 19.4 Å². The van der Waals surface area contributed by atoms with Crippen molar-refractivity contribution in [1.82, 2.24) is 0 Å². The van der Waals surface area contributed by atoms with Crippen LogP contribution in [0.25, 0.3) is 0 Å². The Morgan fingerprint density at radius 2 is 2.17 bits per heavy atom. The molecule has 1 aromatic rings. The number of rotatable bonds is 6. The fourth-order valence-corrected chi connectivity index (χ4v) is 1.73. The molecule has 0 saturated carbocycles. The van der Waals surface area contributed by atoms with Gasteiger partial charge < -0.3 is 20.3 Å². The maximum atomic E-state index is 11.6. The second-order valence-electron chi connectivity index (χ2n) is 3.60. The van der Waals surface area contributed by atoms with E-state index >= 15 is 0 Å². The molecule has 0 aliphatic rings. The Hall–Kier alpha value is -1.27. The van der Waals surface area contributed by atoms with Crippen LogP contribution in [-0.4, -0.2) is 31.3 Å². The van der Waals surface area contributed by atoms with Gasteiger partial charge in [0.05, 0.1) is 18.2 Å². The third-order valence-electron chi connectivity index (χ3n) is 2.34. The van der Waals surface area contributed by atoms with Gasteiger partial charge in [-0.2, -0.15) is 0 Å². The number of ether oxygens (including phenoxy) is 2. The van der Waals surface area contributed by atoms with Crippen molar-refractivity contribution in [3.63, 3.8) is 0 Å². The molecule has 6 heteroatoms. The highest BCUT2D eigenvalue weighted by molar-refractivity contribution is 9.10. The van der Waals surface area contributed by atoms with E-state index in [4.69, 9.17) is 10.5 Å². The van der Waals surface area contributed by atoms with Gasteiger partial charge in [-0.05, 0) is 47.4 Å². The number of methoxy groups -OCH3 is 1. The lowest BCUT2D eigenvalue weighted by molar-refractivity contribution is 0.0592. The van der Waals surface area contributed by atoms with Crippen molar-refractivity contribution in [1.29, 1.82) is 0 Å². The van der Waals surface area contributed by atoms with E-state index in [1.54, 1.807) is 12.1 Å². The third-order valence-corrected chi connectivity index (χ3v) is 2.98. The average Bonchev–Trinajstić information content (AvgIpc) is 2.38. The Morgan fingerprint density at radius 1 is 1.44 bits per heavy atom. The second-order valence-corrected chi connectivity index (χ2v) is 4.46. The minimum atomic E-state index is -0.636. The van der Waals surface area contributed by atoms with E-state index in [1.165, 1.54) is 7.11 Å². The first-order valence-electron chi connectivity index (χ1n) is 5.54. The first-order valence-corrected chi connectivity index (χ1v) is 6.33. The number of halogens is 1. The first-order chi connectivity index (χ1) is 8.61. The average molecular weight is 318 g/mol. The van der Waals surface area contributed by atoms with Gasteiger partial charge in [0.25, 0.3) is 0 Å². The molecule has 0 atom stereocenters. The summed E-state index contributed by atoms with van der Waals surface area (Å²) in [5.41, 5.74) is 5.40. The summed E-state index contributed by atoms with van der Waals surface area (Å²) in [5, 5.41) is 9.83. The van der Waals surface area contributed by atoms with Crippen molar-refractivity contribution in [3.05, 3.63) is 22.2 Å². The van der Waals surface area contributed by atoms with Crippen LogP contribution in [0.15, 0.2) is 16.6 Å². The fourth-order valence-electron chi connectivity index (χ4n) is 1.40. The number of carbonyl (C=O) groups excluding carboxylic acids is 1. The number of esters is 1. The highest BCUT2D eigenvalue weighted by Crippen LogP contribution is 2.35. The molecule has 1 rings (SSSR count). The lowest BCUT2D eigenvalue weighted by Crippen LogP contribution is -2.08. The Labute approximate surface area is 114 Å². The van der Waals surface area contributed by atoms with Gasteiger partial charge in [0.15, 0.2) is 0 Å². The monoisotopic (exact) mass is 317 g/mol. The largest absolute Gasteiger partial charge is 0.506 e. The summed E-state index contributed by atoms with van der Waals surface area (Å²) in [4.78, 5) is 11.6. The molecule has 3 N–H and O–H groups in total. The van der Waals surface area contributed by atoms with Crippen molar-refractivity contribution in [2.75, 3.05) is 20.3 Å². The Bertz CT molecular complexity index is 423. The molecule has 0 spiro atoms. The quantitative estimate of drug-likeness (QED) is 0.620. The molecule has 0 aliphatic carbocycles. The zero-order chi connectivity index (χ0) is 13.5. The number of benzene rings is 1. The van der Waals surface area contributed by atoms with Crippen LogP contribution in [0.4, 0.5) is 0 Å². The van der Waals surface area contributed by atoms with Gasteiger partial charge in [0.2, 0.25) is 0 Å². The molecule has 0 unspecified atom stereocenters. The summed E-state index contributed by atoms with van der Waals surface area (Å²) in [6.45, 7) is 1.03. The molecule has 0 fully saturated rings. The van der Waals surface area contributed by atoms with Gasteiger partial charge >= 0.3 is 5.97 Å². The van der Waals surface area contributed by atoms with Crippen LogP contribution in [0, 0.1) is 0 Å². The molecular formula is C12H16BrNO4. The van der Waals surface area contributed by atoms with Crippen LogP contribution in [0.1, 0.15) is 23.2 Å². The Morgan fingerprint density at radius 3 is 2.78 bits per heavy atom. The Kier molecular flexibility index (Phi) is 5.94. The fraction of sp³-hybridized carbons (Fsp3) is 0.417. The molecular weight excluding hydrogens is 302 g/mol. The summed E-state index contributed by atoms with van der Waals surface area (Å²) in [7, 11) is 1.25.